The quantitative estimate of drug-likeness (QED) is 0.833. The lowest BCUT2D eigenvalue weighted by Crippen LogP contribution is -2.64. The summed E-state index contributed by atoms with van der Waals surface area (Å²) in [5, 5.41) is 3.80. The summed E-state index contributed by atoms with van der Waals surface area (Å²) in [5.74, 6) is 0.903. The number of nitrogens with one attached hydrogen (secondary N) is 1. The molecule has 1 atom stereocenters. The standard InChI is InChI=1S/C15H30N2O/c1-15(2)12-16-14(11-17(15)9-10-18-3)13-7-5-4-6-8-13/h13-14,16H,4-12H2,1-3H3. The van der Waals surface area contributed by atoms with Gasteiger partial charge in [0.15, 0.2) is 0 Å². The SMILES string of the molecule is COCCN1CC(C2CCCCC2)NCC1(C)C. The maximum absolute atomic E-state index is 5.26. The summed E-state index contributed by atoms with van der Waals surface area (Å²) in [6, 6.07) is 0.704. The number of nitrogens with zero attached hydrogens (tertiary/aromatic N) is 1. The predicted molar refractivity (Wildman–Crippen MR) is 75.9 cm³/mol. The van der Waals surface area contributed by atoms with Crippen LogP contribution in [0.5, 0.6) is 0 Å². The summed E-state index contributed by atoms with van der Waals surface area (Å²) in [7, 11) is 1.80. The Balaban J connectivity index is 1.90. The first kappa shape index (κ1) is 14.3. The van der Waals surface area contributed by atoms with Gasteiger partial charge < -0.3 is 10.1 Å². The Labute approximate surface area is 112 Å². The molecule has 3 heteroatoms. The average molecular weight is 254 g/mol. The van der Waals surface area contributed by atoms with Crippen LogP contribution >= 0.6 is 0 Å². The molecule has 106 valence electrons. The smallest absolute Gasteiger partial charge is 0.0589 e. The summed E-state index contributed by atoms with van der Waals surface area (Å²) >= 11 is 0. The Morgan fingerprint density at radius 3 is 2.61 bits per heavy atom. The molecule has 1 heterocycles. The van der Waals surface area contributed by atoms with Gasteiger partial charge in [-0.3, -0.25) is 4.90 Å². The van der Waals surface area contributed by atoms with E-state index in [4.69, 9.17) is 4.74 Å². The molecule has 0 aromatic rings. The summed E-state index contributed by atoms with van der Waals surface area (Å²) in [6.45, 7) is 8.90. The normalized spacial score (nSPS) is 30.5. The molecule has 0 aromatic carbocycles. The highest BCUT2D eigenvalue weighted by molar-refractivity contribution is 4.95. The van der Waals surface area contributed by atoms with Gasteiger partial charge in [0.2, 0.25) is 0 Å². The van der Waals surface area contributed by atoms with Crippen LogP contribution in [0.25, 0.3) is 0 Å². The molecule has 2 fully saturated rings. The minimum Gasteiger partial charge on any atom is -0.383 e. The van der Waals surface area contributed by atoms with Crippen LogP contribution in [-0.4, -0.2) is 49.8 Å². The molecular formula is C15H30N2O. The molecule has 0 bridgehead atoms. The van der Waals surface area contributed by atoms with Gasteiger partial charge >= 0.3 is 0 Å². The third-order valence-corrected chi connectivity index (χ3v) is 4.85. The van der Waals surface area contributed by atoms with Crippen LogP contribution < -0.4 is 5.32 Å². The van der Waals surface area contributed by atoms with E-state index in [0.717, 1.165) is 25.6 Å². The number of methoxy groups -OCH3 is 1. The summed E-state index contributed by atoms with van der Waals surface area (Å²) in [6.07, 6.45) is 7.17. The van der Waals surface area contributed by atoms with Gasteiger partial charge in [0.05, 0.1) is 6.61 Å². The van der Waals surface area contributed by atoms with Crippen molar-refractivity contribution < 1.29 is 4.74 Å². The first-order valence-electron chi connectivity index (χ1n) is 7.61. The maximum Gasteiger partial charge on any atom is 0.0589 e. The van der Waals surface area contributed by atoms with E-state index in [2.05, 4.69) is 24.1 Å². The number of piperazine rings is 1. The van der Waals surface area contributed by atoms with Gasteiger partial charge in [0.1, 0.15) is 0 Å². The molecule has 2 aliphatic rings. The van der Waals surface area contributed by atoms with E-state index in [1.165, 1.54) is 38.6 Å². The monoisotopic (exact) mass is 254 g/mol. The van der Waals surface area contributed by atoms with Crippen LogP contribution in [0.3, 0.4) is 0 Å². The summed E-state index contributed by atoms with van der Waals surface area (Å²) < 4.78 is 5.26. The van der Waals surface area contributed by atoms with Gasteiger partial charge in [-0.2, -0.15) is 0 Å². The van der Waals surface area contributed by atoms with Gasteiger partial charge in [-0.1, -0.05) is 19.3 Å². The number of rotatable bonds is 4. The largest absolute Gasteiger partial charge is 0.383 e. The molecule has 1 aliphatic heterocycles. The van der Waals surface area contributed by atoms with Crippen molar-refractivity contribution >= 4 is 0 Å². The Morgan fingerprint density at radius 2 is 1.94 bits per heavy atom. The minimum atomic E-state index is 0.268. The van der Waals surface area contributed by atoms with Crippen LogP contribution in [0.4, 0.5) is 0 Å². The van der Waals surface area contributed by atoms with Crippen molar-refractivity contribution in [1.82, 2.24) is 10.2 Å². The van der Waals surface area contributed by atoms with Gasteiger partial charge in [0, 0.05) is 38.3 Å². The molecule has 0 amide bonds. The van der Waals surface area contributed by atoms with E-state index in [1.807, 2.05) is 0 Å². The van der Waals surface area contributed by atoms with Crippen molar-refractivity contribution in [2.24, 2.45) is 5.92 Å². The second kappa shape index (κ2) is 6.36. The zero-order valence-corrected chi connectivity index (χ0v) is 12.4. The van der Waals surface area contributed by atoms with Crippen molar-refractivity contribution in [3.05, 3.63) is 0 Å². The van der Waals surface area contributed by atoms with E-state index < -0.39 is 0 Å². The molecule has 0 radical (unpaired) electrons. The molecule has 0 spiro atoms. The number of ether oxygens (including phenoxy) is 1. The second-order valence-electron chi connectivity index (χ2n) is 6.64. The van der Waals surface area contributed by atoms with Crippen LogP contribution in [-0.2, 0) is 4.74 Å². The van der Waals surface area contributed by atoms with Crippen LogP contribution in [0.1, 0.15) is 46.0 Å². The zero-order chi connectivity index (χ0) is 13.0. The minimum absolute atomic E-state index is 0.268. The molecule has 1 aliphatic carbocycles. The molecule has 0 aromatic heterocycles. The lowest BCUT2D eigenvalue weighted by atomic mass is 9.81. The number of hydrogen-bond acceptors (Lipinski definition) is 3. The Morgan fingerprint density at radius 1 is 1.22 bits per heavy atom. The van der Waals surface area contributed by atoms with Crippen molar-refractivity contribution in [3.8, 4) is 0 Å². The molecule has 1 saturated carbocycles. The summed E-state index contributed by atoms with van der Waals surface area (Å²) in [5.41, 5.74) is 0.268. The first-order valence-corrected chi connectivity index (χ1v) is 7.61. The van der Waals surface area contributed by atoms with Gasteiger partial charge in [0.25, 0.3) is 0 Å². The molecule has 18 heavy (non-hydrogen) atoms. The van der Waals surface area contributed by atoms with E-state index in [1.54, 1.807) is 7.11 Å². The van der Waals surface area contributed by atoms with E-state index in [0.29, 0.717) is 6.04 Å². The van der Waals surface area contributed by atoms with Gasteiger partial charge in [-0.05, 0) is 32.6 Å². The zero-order valence-electron chi connectivity index (χ0n) is 12.4. The van der Waals surface area contributed by atoms with Crippen molar-refractivity contribution in [1.29, 1.82) is 0 Å². The Bertz CT molecular complexity index is 249. The topological polar surface area (TPSA) is 24.5 Å². The third kappa shape index (κ3) is 3.46. The molecular weight excluding hydrogens is 224 g/mol. The summed E-state index contributed by atoms with van der Waals surface area (Å²) in [4.78, 5) is 2.62. The van der Waals surface area contributed by atoms with Crippen molar-refractivity contribution in [2.45, 2.75) is 57.5 Å². The molecule has 1 saturated heterocycles. The first-order chi connectivity index (χ1) is 8.63. The molecule has 1 unspecified atom stereocenters. The highest BCUT2D eigenvalue weighted by Gasteiger charge is 2.36. The van der Waals surface area contributed by atoms with Crippen LogP contribution in [0, 0.1) is 5.92 Å². The fraction of sp³-hybridized carbons (Fsp3) is 1.00. The number of hydrogen-bond donors (Lipinski definition) is 1. The Hall–Kier alpha value is -0.120. The van der Waals surface area contributed by atoms with E-state index >= 15 is 0 Å². The molecule has 1 N–H and O–H groups in total. The van der Waals surface area contributed by atoms with Crippen molar-refractivity contribution in [2.75, 3.05) is 33.4 Å². The second-order valence-corrected chi connectivity index (χ2v) is 6.64. The maximum atomic E-state index is 5.26. The highest BCUT2D eigenvalue weighted by Crippen LogP contribution is 2.30. The lowest BCUT2D eigenvalue weighted by Gasteiger charge is -2.48. The van der Waals surface area contributed by atoms with Gasteiger partial charge in [-0.15, -0.1) is 0 Å². The van der Waals surface area contributed by atoms with Crippen LogP contribution in [0.2, 0.25) is 0 Å². The highest BCUT2D eigenvalue weighted by atomic mass is 16.5. The van der Waals surface area contributed by atoms with Crippen LogP contribution in [0.15, 0.2) is 0 Å². The molecule has 3 nitrogen and oxygen atoms in total. The average Bonchev–Trinajstić information content (AvgIpc) is 2.38. The lowest BCUT2D eigenvalue weighted by molar-refractivity contribution is 0.0241. The van der Waals surface area contributed by atoms with E-state index in [9.17, 15) is 0 Å². The van der Waals surface area contributed by atoms with Crippen molar-refractivity contribution in [3.63, 3.8) is 0 Å². The Kier molecular flexibility index (Phi) is 5.05. The fourth-order valence-electron chi connectivity index (χ4n) is 3.49. The predicted octanol–water partition coefficient (Wildman–Crippen LogP) is 2.27. The third-order valence-electron chi connectivity index (χ3n) is 4.85. The molecule has 2 rings (SSSR count). The van der Waals surface area contributed by atoms with Gasteiger partial charge in [-0.25, -0.2) is 0 Å². The van der Waals surface area contributed by atoms with E-state index in [-0.39, 0.29) is 5.54 Å². The fourth-order valence-corrected chi connectivity index (χ4v) is 3.49.